The summed E-state index contributed by atoms with van der Waals surface area (Å²) >= 11 is 3.42. The predicted octanol–water partition coefficient (Wildman–Crippen LogP) is 4.69. The van der Waals surface area contributed by atoms with Crippen molar-refractivity contribution in [1.29, 1.82) is 0 Å². The number of anilines is 1. The largest absolute Gasteiger partial charge is 0.508 e. The van der Waals surface area contributed by atoms with Gasteiger partial charge in [-0.2, -0.15) is 0 Å². The van der Waals surface area contributed by atoms with E-state index in [1.807, 2.05) is 12.1 Å². The Morgan fingerprint density at radius 1 is 1.05 bits per heavy atom. The van der Waals surface area contributed by atoms with Gasteiger partial charge in [0, 0.05) is 22.3 Å². The van der Waals surface area contributed by atoms with Crippen LogP contribution in [0.2, 0.25) is 0 Å². The van der Waals surface area contributed by atoms with Crippen LogP contribution in [0, 0.1) is 20.8 Å². The molecule has 2 aromatic rings. The Kier molecular flexibility index (Phi) is 4.15. The van der Waals surface area contributed by atoms with E-state index >= 15 is 0 Å². The molecule has 0 aliphatic carbocycles. The molecule has 0 radical (unpaired) electrons. The molecule has 0 aliphatic rings. The number of halogens is 1. The number of hydrogen-bond donors (Lipinski definition) is 2. The standard InChI is InChI=1S/C16H18BrNO/c1-10-6-11(2)16(12(3)7-10)18-9-13-8-14(17)4-5-15(13)19/h4-8,18-19H,9H2,1-3H3. The highest BCUT2D eigenvalue weighted by Gasteiger charge is 2.06. The molecule has 0 bridgehead atoms. The van der Waals surface area contributed by atoms with Crippen molar-refractivity contribution >= 4 is 21.6 Å². The SMILES string of the molecule is Cc1cc(C)c(NCc2cc(Br)ccc2O)c(C)c1. The lowest BCUT2D eigenvalue weighted by molar-refractivity contribution is 0.469. The summed E-state index contributed by atoms with van der Waals surface area (Å²) in [6, 6.07) is 9.80. The van der Waals surface area contributed by atoms with E-state index < -0.39 is 0 Å². The topological polar surface area (TPSA) is 32.3 Å². The fourth-order valence-corrected chi connectivity index (χ4v) is 2.75. The maximum atomic E-state index is 9.83. The van der Waals surface area contributed by atoms with Crippen molar-refractivity contribution in [3.05, 3.63) is 57.1 Å². The lowest BCUT2D eigenvalue weighted by atomic mass is 10.0. The zero-order valence-electron chi connectivity index (χ0n) is 11.4. The van der Waals surface area contributed by atoms with Gasteiger partial charge in [-0.05, 0) is 50.1 Å². The van der Waals surface area contributed by atoms with E-state index in [1.165, 1.54) is 16.7 Å². The second-order valence-electron chi connectivity index (χ2n) is 4.90. The average Bonchev–Trinajstić information content (AvgIpc) is 2.32. The smallest absolute Gasteiger partial charge is 0.120 e. The molecule has 0 amide bonds. The van der Waals surface area contributed by atoms with Gasteiger partial charge in [0.15, 0.2) is 0 Å². The Morgan fingerprint density at radius 3 is 2.32 bits per heavy atom. The number of nitrogens with one attached hydrogen (secondary N) is 1. The van der Waals surface area contributed by atoms with Crippen molar-refractivity contribution in [2.24, 2.45) is 0 Å². The van der Waals surface area contributed by atoms with E-state index in [1.54, 1.807) is 6.07 Å². The number of phenolic OH excluding ortho intramolecular Hbond substituents is 1. The molecule has 0 saturated carbocycles. The molecular weight excluding hydrogens is 302 g/mol. The minimum Gasteiger partial charge on any atom is -0.508 e. The average molecular weight is 320 g/mol. The van der Waals surface area contributed by atoms with Crippen molar-refractivity contribution in [3.63, 3.8) is 0 Å². The number of rotatable bonds is 3. The molecule has 0 atom stereocenters. The molecule has 3 heteroatoms. The van der Waals surface area contributed by atoms with Crippen molar-refractivity contribution in [2.75, 3.05) is 5.32 Å². The third kappa shape index (κ3) is 3.29. The van der Waals surface area contributed by atoms with Crippen molar-refractivity contribution in [1.82, 2.24) is 0 Å². The Bertz CT molecular complexity index is 585. The minimum absolute atomic E-state index is 0.318. The molecule has 19 heavy (non-hydrogen) atoms. The first-order chi connectivity index (χ1) is 8.97. The molecule has 0 heterocycles. The van der Waals surface area contributed by atoms with Crippen molar-refractivity contribution in [2.45, 2.75) is 27.3 Å². The molecule has 0 aromatic heterocycles. The first kappa shape index (κ1) is 13.9. The molecular formula is C16H18BrNO. The van der Waals surface area contributed by atoms with E-state index in [-0.39, 0.29) is 0 Å². The lowest BCUT2D eigenvalue weighted by Crippen LogP contribution is -2.03. The zero-order chi connectivity index (χ0) is 14.0. The highest BCUT2D eigenvalue weighted by atomic mass is 79.9. The van der Waals surface area contributed by atoms with Gasteiger partial charge >= 0.3 is 0 Å². The van der Waals surface area contributed by atoms with Gasteiger partial charge in [-0.3, -0.25) is 0 Å². The van der Waals surface area contributed by atoms with E-state index in [2.05, 4.69) is 54.2 Å². The highest BCUT2D eigenvalue weighted by Crippen LogP contribution is 2.26. The maximum absolute atomic E-state index is 9.83. The summed E-state index contributed by atoms with van der Waals surface area (Å²) in [6.07, 6.45) is 0. The third-order valence-electron chi connectivity index (χ3n) is 3.17. The molecule has 0 saturated heterocycles. The van der Waals surface area contributed by atoms with Crippen LogP contribution in [0.3, 0.4) is 0 Å². The number of aromatic hydroxyl groups is 1. The van der Waals surface area contributed by atoms with Gasteiger partial charge in [0.05, 0.1) is 0 Å². The summed E-state index contributed by atoms with van der Waals surface area (Å²) in [5.41, 5.74) is 5.75. The van der Waals surface area contributed by atoms with Gasteiger partial charge in [0.1, 0.15) is 5.75 Å². The van der Waals surface area contributed by atoms with Gasteiger partial charge < -0.3 is 10.4 Å². The Hall–Kier alpha value is -1.48. The van der Waals surface area contributed by atoms with Crippen LogP contribution in [0.25, 0.3) is 0 Å². The number of hydrogen-bond acceptors (Lipinski definition) is 2. The molecule has 0 fully saturated rings. The molecule has 2 aromatic carbocycles. The molecule has 0 unspecified atom stereocenters. The maximum Gasteiger partial charge on any atom is 0.120 e. The van der Waals surface area contributed by atoms with Crippen molar-refractivity contribution in [3.8, 4) is 5.75 Å². The minimum atomic E-state index is 0.318. The van der Waals surface area contributed by atoms with E-state index in [0.29, 0.717) is 12.3 Å². The van der Waals surface area contributed by atoms with Crippen LogP contribution in [0.4, 0.5) is 5.69 Å². The molecule has 2 N–H and O–H groups in total. The van der Waals surface area contributed by atoms with Crippen LogP contribution in [-0.4, -0.2) is 5.11 Å². The summed E-state index contributed by atoms with van der Waals surface area (Å²) in [5.74, 6) is 0.318. The number of phenols is 1. The second-order valence-corrected chi connectivity index (χ2v) is 5.82. The van der Waals surface area contributed by atoms with Gasteiger partial charge in [0.2, 0.25) is 0 Å². The normalized spacial score (nSPS) is 10.5. The number of aryl methyl sites for hydroxylation is 3. The van der Waals surface area contributed by atoms with E-state index in [0.717, 1.165) is 15.7 Å². The van der Waals surface area contributed by atoms with E-state index in [4.69, 9.17) is 0 Å². The zero-order valence-corrected chi connectivity index (χ0v) is 13.0. The van der Waals surface area contributed by atoms with Crippen LogP contribution in [-0.2, 0) is 6.54 Å². The number of benzene rings is 2. The summed E-state index contributed by atoms with van der Waals surface area (Å²) in [7, 11) is 0. The first-order valence-corrected chi connectivity index (χ1v) is 7.06. The van der Waals surface area contributed by atoms with Gasteiger partial charge in [-0.1, -0.05) is 33.6 Å². The Labute approximate surface area is 122 Å². The summed E-state index contributed by atoms with van der Waals surface area (Å²) in [5, 5.41) is 13.2. The Balaban J connectivity index is 2.21. The van der Waals surface area contributed by atoms with Crippen molar-refractivity contribution < 1.29 is 5.11 Å². The van der Waals surface area contributed by atoms with Crippen LogP contribution in [0.1, 0.15) is 22.3 Å². The van der Waals surface area contributed by atoms with Crippen LogP contribution in [0.5, 0.6) is 5.75 Å². The van der Waals surface area contributed by atoms with Gasteiger partial charge in [0.25, 0.3) is 0 Å². The fraction of sp³-hybridized carbons (Fsp3) is 0.250. The van der Waals surface area contributed by atoms with Crippen LogP contribution < -0.4 is 5.32 Å². The first-order valence-electron chi connectivity index (χ1n) is 6.26. The highest BCUT2D eigenvalue weighted by molar-refractivity contribution is 9.10. The fourth-order valence-electron chi connectivity index (χ4n) is 2.34. The molecule has 2 nitrogen and oxygen atoms in total. The van der Waals surface area contributed by atoms with Gasteiger partial charge in [-0.25, -0.2) is 0 Å². The molecule has 0 spiro atoms. The lowest BCUT2D eigenvalue weighted by Gasteiger charge is -2.14. The molecule has 0 aliphatic heterocycles. The predicted molar refractivity (Wildman–Crippen MR) is 83.8 cm³/mol. The second kappa shape index (κ2) is 5.66. The third-order valence-corrected chi connectivity index (χ3v) is 3.67. The van der Waals surface area contributed by atoms with Crippen LogP contribution >= 0.6 is 15.9 Å². The van der Waals surface area contributed by atoms with Crippen LogP contribution in [0.15, 0.2) is 34.8 Å². The van der Waals surface area contributed by atoms with E-state index in [9.17, 15) is 5.11 Å². The Morgan fingerprint density at radius 2 is 1.68 bits per heavy atom. The summed E-state index contributed by atoms with van der Waals surface area (Å²) < 4.78 is 0.972. The monoisotopic (exact) mass is 319 g/mol. The molecule has 2 rings (SSSR count). The summed E-state index contributed by atoms with van der Waals surface area (Å²) in [4.78, 5) is 0. The molecule has 100 valence electrons. The quantitative estimate of drug-likeness (QED) is 0.860. The summed E-state index contributed by atoms with van der Waals surface area (Å²) in [6.45, 7) is 6.91. The van der Waals surface area contributed by atoms with Gasteiger partial charge in [-0.15, -0.1) is 0 Å².